The van der Waals surface area contributed by atoms with E-state index in [1.165, 1.54) is 0 Å². The molecule has 0 atom stereocenters. The van der Waals surface area contributed by atoms with Crippen molar-refractivity contribution in [3.8, 4) is 0 Å². The fourth-order valence-corrected chi connectivity index (χ4v) is 2.67. The largest absolute Gasteiger partial charge is 0.350 e. The Morgan fingerprint density at radius 2 is 0.967 bits per heavy atom. The number of anilines is 2. The molecule has 0 aliphatic heterocycles. The number of para-hydroxylation sites is 1. The number of rotatable bonds is 7. The van der Waals surface area contributed by atoms with E-state index >= 15 is 0 Å². The van der Waals surface area contributed by atoms with Gasteiger partial charge >= 0.3 is 6.03 Å². The molecule has 7 heteroatoms. The molecule has 3 aromatic rings. The van der Waals surface area contributed by atoms with E-state index in [0.29, 0.717) is 35.6 Å². The first-order valence-electron chi connectivity index (χ1n) is 9.46. The molecule has 3 aromatic carbocycles. The van der Waals surface area contributed by atoms with Crippen LogP contribution in [0.4, 0.5) is 16.2 Å². The van der Waals surface area contributed by atoms with Gasteiger partial charge in [0.2, 0.25) is 0 Å². The number of carbonyl (C=O) groups excluding carboxylic acids is 3. The highest BCUT2D eigenvalue weighted by molar-refractivity contribution is 6.00. The lowest BCUT2D eigenvalue weighted by Gasteiger charge is -2.09. The van der Waals surface area contributed by atoms with E-state index in [1.807, 2.05) is 24.3 Å². The molecular formula is C23H22N4O3. The Bertz CT molecular complexity index is 990. The third-order valence-electron chi connectivity index (χ3n) is 4.17. The van der Waals surface area contributed by atoms with Gasteiger partial charge in [-0.1, -0.05) is 36.4 Å². The molecule has 0 fully saturated rings. The van der Waals surface area contributed by atoms with Crippen LogP contribution in [-0.4, -0.2) is 30.9 Å². The highest BCUT2D eigenvalue weighted by Gasteiger charge is 2.08. The van der Waals surface area contributed by atoms with Crippen LogP contribution in [0.3, 0.4) is 0 Å². The molecule has 0 unspecified atom stereocenters. The Morgan fingerprint density at radius 3 is 1.50 bits per heavy atom. The molecule has 0 aliphatic carbocycles. The zero-order chi connectivity index (χ0) is 21.2. The molecule has 0 radical (unpaired) electrons. The second-order valence-corrected chi connectivity index (χ2v) is 6.40. The molecule has 0 heterocycles. The molecule has 152 valence electrons. The molecular weight excluding hydrogens is 380 g/mol. The standard InChI is InChI=1S/C23H22N4O3/c28-21(17-7-3-1-4-8-17)24-15-16-25-22(29)18-11-13-20(14-12-18)27-23(30)26-19-9-5-2-6-10-19/h1-14H,15-16H2,(H,24,28)(H,25,29)(H2,26,27,30). The maximum Gasteiger partial charge on any atom is 0.323 e. The minimum Gasteiger partial charge on any atom is -0.350 e. The van der Waals surface area contributed by atoms with E-state index in [2.05, 4.69) is 21.3 Å². The topological polar surface area (TPSA) is 99.3 Å². The molecule has 3 rings (SSSR count). The van der Waals surface area contributed by atoms with Gasteiger partial charge in [-0.15, -0.1) is 0 Å². The van der Waals surface area contributed by atoms with Crippen LogP contribution < -0.4 is 21.3 Å². The number of hydrogen-bond acceptors (Lipinski definition) is 3. The van der Waals surface area contributed by atoms with Crippen molar-refractivity contribution in [1.29, 1.82) is 0 Å². The number of benzene rings is 3. The van der Waals surface area contributed by atoms with Crippen molar-refractivity contribution in [2.75, 3.05) is 23.7 Å². The molecule has 0 saturated heterocycles. The van der Waals surface area contributed by atoms with Crippen LogP contribution in [0.15, 0.2) is 84.9 Å². The predicted octanol–water partition coefficient (Wildman–Crippen LogP) is 3.49. The molecule has 0 aromatic heterocycles. The summed E-state index contributed by atoms with van der Waals surface area (Å²) in [7, 11) is 0. The average molecular weight is 402 g/mol. The summed E-state index contributed by atoms with van der Waals surface area (Å²) in [5, 5.41) is 10.9. The normalized spacial score (nSPS) is 10.0. The number of nitrogens with one attached hydrogen (secondary N) is 4. The number of urea groups is 1. The van der Waals surface area contributed by atoms with Gasteiger partial charge in [0.05, 0.1) is 0 Å². The first-order valence-corrected chi connectivity index (χ1v) is 9.46. The molecule has 0 saturated carbocycles. The van der Waals surface area contributed by atoms with Crippen LogP contribution in [0.1, 0.15) is 20.7 Å². The Balaban J connectivity index is 1.41. The highest BCUT2D eigenvalue weighted by atomic mass is 16.2. The van der Waals surface area contributed by atoms with E-state index in [9.17, 15) is 14.4 Å². The summed E-state index contributed by atoms with van der Waals surface area (Å²) in [6, 6.07) is 24.1. The SMILES string of the molecule is O=C(Nc1ccccc1)Nc1ccc(C(=O)NCCNC(=O)c2ccccc2)cc1. The quantitative estimate of drug-likeness (QED) is 0.455. The summed E-state index contributed by atoms with van der Waals surface area (Å²) in [6.45, 7) is 0.621. The van der Waals surface area contributed by atoms with Gasteiger partial charge in [-0.05, 0) is 48.5 Å². The molecule has 0 spiro atoms. The van der Waals surface area contributed by atoms with Gasteiger partial charge < -0.3 is 21.3 Å². The van der Waals surface area contributed by atoms with Crippen LogP contribution in [0.5, 0.6) is 0 Å². The van der Waals surface area contributed by atoms with Crippen molar-refractivity contribution < 1.29 is 14.4 Å². The molecule has 4 N–H and O–H groups in total. The zero-order valence-corrected chi connectivity index (χ0v) is 16.2. The summed E-state index contributed by atoms with van der Waals surface area (Å²) < 4.78 is 0. The van der Waals surface area contributed by atoms with Gasteiger partial charge in [0.1, 0.15) is 0 Å². The Hall–Kier alpha value is -4.13. The third kappa shape index (κ3) is 6.20. The smallest absolute Gasteiger partial charge is 0.323 e. The highest BCUT2D eigenvalue weighted by Crippen LogP contribution is 2.11. The van der Waals surface area contributed by atoms with E-state index in [1.54, 1.807) is 60.7 Å². The van der Waals surface area contributed by atoms with Gasteiger partial charge in [-0.25, -0.2) is 4.79 Å². The van der Waals surface area contributed by atoms with Crippen molar-refractivity contribution >= 4 is 29.2 Å². The Kier molecular flexibility index (Phi) is 7.16. The summed E-state index contributed by atoms with van der Waals surface area (Å²) in [4.78, 5) is 36.1. The summed E-state index contributed by atoms with van der Waals surface area (Å²) in [6.07, 6.45) is 0. The van der Waals surface area contributed by atoms with Crippen molar-refractivity contribution in [1.82, 2.24) is 10.6 Å². The van der Waals surface area contributed by atoms with Crippen molar-refractivity contribution in [2.45, 2.75) is 0 Å². The summed E-state index contributed by atoms with van der Waals surface area (Å²) >= 11 is 0. The number of carbonyl (C=O) groups is 3. The third-order valence-corrected chi connectivity index (χ3v) is 4.17. The van der Waals surface area contributed by atoms with Crippen molar-refractivity contribution in [3.63, 3.8) is 0 Å². The van der Waals surface area contributed by atoms with E-state index in [-0.39, 0.29) is 17.8 Å². The van der Waals surface area contributed by atoms with E-state index < -0.39 is 0 Å². The van der Waals surface area contributed by atoms with Crippen LogP contribution in [0.25, 0.3) is 0 Å². The van der Waals surface area contributed by atoms with E-state index in [0.717, 1.165) is 0 Å². The maximum absolute atomic E-state index is 12.2. The fraction of sp³-hybridized carbons (Fsp3) is 0.0870. The minimum absolute atomic E-state index is 0.186. The second kappa shape index (κ2) is 10.4. The first-order chi connectivity index (χ1) is 14.6. The summed E-state index contributed by atoms with van der Waals surface area (Å²) in [5.74, 6) is -0.446. The molecule has 7 nitrogen and oxygen atoms in total. The summed E-state index contributed by atoms with van der Waals surface area (Å²) in [5.41, 5.74) is 2.28. The predicted molar refractivity (Wildman–Crippen MR) is 117 cm³/mol. The maximum atomic E-state index is 12.2. The van der Waals surface area contributed by atoms with Crippen LogP contribution in [0.2, 0.25) is 0 Å². The fourth-order valence-electron chi connectivity index (χ4n) is 2.67. The van der Waals surface area contributed by atoms with Crippen molar-refractivity contribution in [3.05, 3.63) is 96.1 Å². The van der Waals surface area contributed by atoms with Gasteiger partial charge in [0.25, 0.3) is 11.8 Å². The van der Waals surface area contributed by atoms with Crippen LogP contribution in [-0.2, 0) is 0 Å². The second-order valence-electron chi connectivity index (χ2n) is 6.40. The lowest BCUT2D eigenvalue weighted by atomic mass is 10.2. The first kappa shape index (κ1) is 20.6. The molecule has 0 aliphatic rings. The molecule has 0 bridgehead atoms. The number of hydrogen-bond donors (Lipinski definition) is 4. The number of amides is 4. The van der Waals surface area contributed by atoms with Crippen LogP contribution >= 0.6 is 0 Å². The van der Waals surface area contributed by atoms with Gasteiger partial charge in [0.15, 0.2) is 0 Å². The van der Waals surface area contributed by atoms with Gasteiger partial charge in [-0.3, -0.25) is 9.59 Å². The molecule has 4 amide bonds. The zero-order valence-electron chi connectivity index (χ0n) is 16.2. The Morgan fingerprint density at radius 1 is 0.533 bits per heavy atom. The van der Waals surface area contributed by atoms with Crippen molar-refractivity contribution in [2.24, 2.45) is 0 Å². The van der Waals surface area contributed by atoms with E-state index in [4.69, 9.17) is 0 Å². The lowest BCUT2D eigenvalue weighted by molar-refractivity contribution is 0.0927. The lowest BCUT2D eigenvalue weighted by Crippen LogP contribution is -2.34. The minimum atomic E-state index is -0.368. The van der Waals surface area contributed by atoms with Gasteiger partial charge in [0, 0.05) is 35.6 Å². The monoisotopic (exact) mass is 402 g/mol. The molecule has 30 heavy (non-hydrogen) atoms. The Labute approximate surface area is 174 Å². The van der Waals surface area contributed by atoms with Gasteiger partial charge in [-0.2, -0.15) is 0 Å². The van der Waals surface area contributed by atoms with Crippen LogP contribution in [0, 0.1) is 0 Å². The average Bonchev–Trinajstić information content (AvgIpc) is 2.78.